The molecule has 5 heterocycles. The van der Waals surface area contributed by atoms with Gasteiger partial charge in [-0.25, -0.2) is 0 Å². The van der Waals surface area contributed by atoms with Crippen LogP contribution in [0.1, 0.15) is 36.1 Å². The molecule has 1 unspecified atom stereocenters. The number of benzene rings is 1. The molecule has 2 aromatic rings. The van der Waals surface area contributed by atoms with E-state index in [2.05, 4.69) is 21.2 Å². The lowest BCUT2D eigenvalue weighted by Crippen LogP contribution is -2.51. The van der Waals surface area contributed by atoms with Crippen LogP contribution in [0.3, 0.4) is 0 Å². The van der Waals surface area contributed by atoms with Gasteiger partial charge in [0.05, 0.1) is 49.6 Å². The highest BCUT2D eigenvalue weighted by atomic mass is 19.4. The summed E-state index contributed by atoms with van der Waals surface area (Å²) in [5.74, 6) is 0.766. The van der Waals surface area contributed by atoms with Crippen molar-refractivity contribution in [2.75, 3.05) is 62.3 Å². The molecule has 1 N–H and O–H groups in total. The number of nitrogens with zero attached hydrogens (tertiary/aromatic N) is 6. The van der Waals surface area contributed by atoms with Crippen LogP contribution >= 0.6 is 0 Å². The summed E-state index contributed by atoms with van der Waals surface area (Å²) in [6.07, 6.45) is -1.26. The number of halogens is 3. The highest BCUT2D eigenvalue weighted by molar-refractivity contribution is 5.59. The molecule has 0 spiro atoms. The van der Waals surface area contributed by atoms with Crippen LogP contribution in [0.2, 0.25) is 0 Å². The van der Waals surface area contributed by atoms with E-state index in [0.29, 0.717) is 63.5 Å². The van der Waals surface area contributed by atoms with Gasteiger partial charge in [-0.15, -0.1) is 0 Å². The number of para-hydroxylation sites is 1. The van der Waals surface area contributed by atoms with Gasteiger partial charge in [0.15, 0.2) is 0 Å². The van der Waals surface area contributed by atoms with Gasteiger partial charge in [0, 0.05) is 62.6 Å². The Morgan fingerprint density at radius 2 is 2.02 bits per heavy atom. The van der Waals surface area contributed by atoms with Crippen molar-refractivity contribution >= 4 is 11.5 Å². The summed E-state index contributed by atoms with van der Waals surface area (Å²) in [5.41, 5.74) is 1.14. The first-order valence-electron chi connectivity index (χ1n) is 14.0. The maximum atomic E-state index is 13.8. The van der Waals surface area contributed by atoms with E-state index in [0.717, 1.165) is 50.0 Å². The van der Waals surface area contributed by atoms with Crippen LogP contribution in [-0.4, -0.2) is 85.5 Å². The fourth-order valence-electron chi connectivity index (χ4n) is 6.36. The number of fused-ring (bicyclic) bond motifs is 3. The average molecular weight is 558 g/mol. The lowest BCUT2D eigenvalue weighted by Gasteiger charge is -2.37. The lowest BCUT2D eigenvalue weighted by atomic mass is 10.0. The smallest absolute Gasteiger partial charge is 0.418 e. The topological polar surface area (TPSA) is 89.8 Å². The molecule has 3 atom stereocenters. The predicted octanol–water partition coefficient (Wildman–Crippen LogP) is 2.99. The molecule has 2 bridgehead atoms. The second kappa shape index (κ2) is 11.4. The van der Waals surface area contributed by atoms with E-state index in [-0.39, 0.29) is 24.3 Å². The highest BCUT2D eigenvalue weighted by Crippen LogP contribution is 2.39. The molecule has 0 aliphatic carbocycles. The summed E-state index contributed by atoms with van der Waals surface area (Å²) >= 11 is 0. The van der Waals surface area contributed by atoms with E-state index in [1.807, 2.05) is 0 Å². The molecule has 1 aromatic heterocycles. The van der Waals surface area contributed by atoms with Gasteiger partial charge in [0.25, 0.3) is 0 Å². The third-order valence-corrected chi connectivity index (χ3v) is 8.30. The minimum atomic E-state index is -4.44. The van der Waals surface area contributed by atoms with Gasteiger partial charge in [-0.05, 0) is 31.4 Å². The van der Waals surface area contributed by atoms with Gasteiger partial charge in [0.2, 0.25) is 0 Å². The second-order valence-electron chi connectivity index (χ2n) is 10.9. The van der Waals surface area contributed by atoms with Gasteiger partial charge in [-0.1, -0.05) is 12.1 Å². The molecular weight excluding hydrogens is 523 g/mol. The molecular formula is C28H34F3N7O2. The summed E-state index contributed by atoms with van der Waals surface area (Å²) in [4.78, 5) is 15.9. The fraction of sp³-hybridized carbons (Fsp3) is 0.607. The van der Waals surface area contributed by atoms with E-state index in [9.17, 15) is 18.4 Å². The largest absolute Gasteiger partial charge is 0.463 e. The van der Waals surface area contributed by atoms with Crippen molar-refractivity contribution in [3.63, 3.8) is 0 Å². The molecule has 4 aliphatic rings. The Morgan fingerprint density at radius 1 is 1.15 bits per heavy atom. The van der Waals surface area contributed by atoms with Crippen molar-refractivity contribution in [1.82, 2.24) is 20.2 Å². The van der Waals surface area contributed by atoms with Crippen LogP contribution in [0.15, 0.2) is 24.3 Å². The molecule has 214 valence electrons. The Morgan fingerprint density at radius 3 is 2.80 bits per heavy atom. The van der Waals surface area contributed by atoms with Crippen molar-refractivity contribution in [2.24, 2.45) is 0 Å². The van der Waals surface area contributed by atoms with Crippen molar-refractivity contribution in [3.8, 4) is 12.1 Å². The van der Waals surface area contributed by atoms with E-state index in [4.69, 9.17) is 19.4 Å². The first-order valence-corrected chi connectivity index (χ1v) is 14.0. The molecule has 3 saturated heterocycles. The van der Waals surface area contributed by atoms with Gasteiger partial charge < -0.3 is 24.6 Å². The Labute approximate surface area is 231 Å². The number of likely N-dealkylation sites (tertiary alicyclic amines) is 1. The number of piperazine rings is 1. The quantitative estimate of drug-likeness (QED) is 0.492. The Hall–Kier alpha value is -3.14. The zero-order valence-electron chi connectivity index (χ0n) is 22.4. The number of aromatic nitrogens is 2. The minimum Gasteiger partial charge on any atom is -0.463 e. The van der Waals surface area contributed by atoms with Gasteiger partial charge in [0.1, 0.15) is 5.82 Å². The van der Waals surface area contributed by atoms with Crippen LogP contribution in [-0.2, 0) is 23.9 Å². The number of hydrogen-bond donors (Lipinski definition) is 1. The number of hydrogen-bond acceptors (Lipinski definition) is 9. The van der Waals surface area contributed by atoms with E-state index in [1.54, 1.807) is 11.0 Å². The summed E-state index contributed by atoms with van der Waals surface area (Å²) < 4.78 is 53.1. The van der Waals surface area contributed by atoms with Crippen molar-refractivity contribution < 1.29 is 22.6 Å². The molecule has 3 fully saturated rings. The number of alkyl halides is 3. The number of nitriles is 1. The highest BCUT2D eigenvalue weighted by Gasteiger charge is 2.39. The molecule has 4 aliphatic heterocycles. The first kappa shape index (κ1) is 27.1. The summed E-state index contributed by atoms with van der Waals surface area (Å²) in [7, 11) is 0. The maximum Gasteiger partial charge on any atom is 0.418 e. The molecule has 6 rings (SSSR count). The molecule has 0 amide bonds. The summed E-state index contributed by atoms with van der Waals surface area (Å²) in [6, 6.07) is 8.70. The third-order valence-electron chi connectivity index (χ3n) is 8.30. The molecule has 9 nitrogen and oxygen atoms in total. The van der Waals surface area contributed by atoms with Crippen LogP contribution in [0, 0.1) is 11.3 Å². The second-order valence-corrected chi connectivity index (χ2v) is 10.9. The lowest BCUT2D eigenvalue weighted by molar-refractivity contribution is -0.137. The zero-order chi connectivity index (χ0) is 27.7. The van der Waals surface area contributed by atoms with Crippen LogP contribution in [0.5, 0.6) is 6.01 Å². The Bertz CT molecular complexity index is 1250. The van der Waals surface area contributed by atoms with Crippen molar-refractivity contribution in [1.29, 1.82) is 5.26 Å². The summed E-state index contributed by atoms with van der Waals surface area (Å²) in [5, 5.41) is 12.6. The number of nitrogens with one attached hydrogen (secondary N) is 1. The van der Waals surface area contributed by atoms with Gasteiger partial charge in [-0.2, -0.15) is 28.4 Å². The van der Waals surface area contributed by atoms with E-state index >= 15 is 0 Å². The first-order chi connectivity index (χ1) is 19.4. The van der Waals surface area contributed by atoms with Crippen LogP contribution in [0.4, 0.5) is 24.7 Å². The van der Waals surface area contributed by atoms with Crippen LogP contribution < -0.4 is 19.9 Å². The third kappa shape index (κ3) is 5.68. The monoisotopic (exact) mass is 557 g/mol. The fourth-order valence-corrected chi connectivity index (χ4v) is 6.36. The Balaban J connectivity index is 1.22. The molecule has 0 saturated carbocycles. The van der Waals surface area contributed by atoms with Crippen LogP contribution in [0.25, 0.3) is 0 Å². The number of anilines is 2. The SMILES string of the molecule is N#CCC1CN(c2nc(OCCCN3C[C@H]4C[C@@H]3CO4)nc3c2CCN(c2ccccc2C(F)(F)F)C3)CCN1. The normalized spacial score (nSPS) is 24.7. The maximum absolute atomic E-state index is 13.8. The van der Waals surface area contributed by atoms with Crippen molar-refractivity contribution in [3.05, 3.63) is 41.1 Å². The number of morpholine rings is 1. The van der Waals surface area contributed by atoms with Crippen molar-refractivity contribution in [2.45, 2.75) is 56.6 Å². The van der Waals surface area contributed by atoms with E-state index < -0.39 is 11.7 Å². The molecule has 40 heavy (non-hydrogen) atoms. The summed E-state index contributed by atoms with van der Waals surface area (Å²) in [6.45, 7) is 5.84. The number of rotatable bonds is 8. The van der Waals surface area contributed by atoms with E-state index in [1.165, 1.54) is 12.1 Å². The standard InChI is InChI=1S/C28H34F3N7O2/c29-28(30,31)23-4-1-2-5-25(23)37-11-7-22-24(17-37)34-27(35-26(22)38-12-9-33-19(15-38)6-8-32)39-13-3-10-36-16-21-14-20(36)18-40-21/h1-2,4-5,19-21,33H,3,6-7,9-18H2/t19?,20-,21-/m1/s1. The average Bonchev–Trinajstić information content (AvgIpc) is 3.58. The Kier molecular flexibility index (Phi) is 7.70. The molecule has 1 aromatic carbocycles. The predicted molar refractivity (Wildman–Crippen MR) is 142 cm³/mol. The zero-order valence-corrected chi connectivity index (χ0v) is 22.4. The van der Waals surface area contributed by atoms with Gasteiger partial charge >= 0.3 is 12.2 Å². The molecule has 0 radical (unpaired) electrons. The molecule has 12 heteroatoms. The minimum absolute atomic E-state index is 0.0206. The van der Waals surface area contributed by atoms with Gasteiger partial charge in [-0.3, -0.25) is 4.90 Å². The number of ether oxygens (including phenoxy) is 2.